The zero-order chi connectivity index (χ0) is 16.7. The van der Waals surface area contributed by atoms with Crippen molar-refractivity contribution in [2.24, 2.45) is 0 Å². The summed E-state index contributed by atoms with van der Waals surface area (Å²) in [5, 5.41) is 0.722. The van der Waals surface area contributed by atoms with Gasteiger partial charge in [-0.25, -0.2) is 9.97 Å². The molecule has 2 atom stereocenters. The predicted molar refractivity (Wildman–Crippen MR) is 94.0 cm³/mol. The average Bonchev–Trinajstić information content (AvgIpc) is 3.03. The molecule has 0 bridgehead atoms. The quantitative estimate of drug-likeness (QED) is 0.720. The van der Waals surface area contributed by atoms with Crippen molar-refractivity contribution >= 4 is 33.4 Å². The van der Waals surface area contributed by atoms with Gasteiger partial charge in [-0.2, -0.15) is 0 Å². The zero-order valence-electron chi connectivity index (χ0n) is 13.1. The third-order valence-electron chi connectivity index (χ3n) is 4.31. The minimum Gasteiger partial charge on any atom is -0.497 e. The van der Waals surface area contributed by atoms with Gasteiger partial charge in [0.1, 0.15) is 10.9 Å². The number of hydrogen-bond acceptors (Lipinski definition) is 4. The number of nitrogens with one attached hydrogen (secondary N) is 1. The van der Waals surface area contributed by atoms with Crippen molar-refractivity contribution in [2.75, 3.05) is 7.11 Å². The molecule has 1 N–H and O–H groups in total. The fourth-order valence-corrected chi connectivity index (χ4v) is 4.72. The largest absolute Gasteiger partial charge is 0.497 e. The zero-order valence-corrected chi connectivity index (χ0v) is 14.7. The van der Waals surface area contributed by atoms with Crippen LogP contribution in [0.25, 0.3) is 11.0 Å². The standard InChI is InChI=1S/C17H16ClN3O2S/c1-23-11-6-7-12-13(9-11)20-17(19-12)24(22)14-4-2-3-10-5-8-15(18)21-16(10)14/h5-9,14H,2-4H2,1H3,(H,19,20). The number of aromatic amines is 1. The van der Waals surface area contributed by atoms with E-state index in [2.05, 4.69) is 15.0 Å². The number of rotatable bonds is 3. The van der Waals surface area contributed by atoms with E-state index >= 15 is 0 Å². The van der Waals surface area contributed by atoms with Crippen LogP contribution in [0.4, 0.5) is 0 Å². The first-order chi connectivity index (χ1) is 11.7. The van der Waals surface area contributed by atoms with E-state index in [4.69, 9.17) is 16.3 Å². The van der Waals surface area contributed by atoms with Crippen molar-refractivity contribution in [3.05, 3.63) is 46.7 Å². The van der Waals surface area contributed by atoms with Gasteiger partial charge in [0.15, 0.2) is 5.16 Å². The summed E-state index contributed by atoms with van der Waals surface area (Å²) in [6.07, 6.45) is 2.75. The molecule has 1 aliphatic carbocycles. The molecule has 24 heavy (non-hydrogen) atoms. The van der Waals surface area contributed by atoms with Gasteiger partial charge in [-0.1, -0.05) is 17.7 Å². The third kappa shape index (κ3) is 2.70. The Bertz CT molecular complexity index is 941. The molecule has 0 amide bonds. The molecule has 124 valence electrons. The second-order valence-corrected chi connectivity index (χ2v) is 7.72. The highest BCUT2D eigenvalue weighted by Gasteiger charge is 2.29. The van der Waals surface area contributed by atoms with Crippen molar-refractivity contribution in [1.29, 1.82) is 0 Å². The van der Waals surface area contributed by atoms with Crippen LogP contribution in [0.1, 0.15) is 29.3 Å². The topological polar surface area (TPSA) is 67.9 Å². The van der Waals surface area contributed by atoms with Gasteiger partial charge in [0.25, 0.3) is 0 Å². The molecule has 0 radical (unpaired) electrons. The minimum absolute atomic E-state index is 0.185. The van der Waals surface area contributed by atoms with E-state index in [9.17, 15) is 4.21 Å². The Morgan fingerprint density at radius 3 is 3.00 bits per heavy atom. The van der Waals surface area contributed by atoms with Crippen molar-refractivity contribution < 1.29 is 8.95 Å². The number of hydrogen-bond donors (Lipinski definition) is 1. The summed E-state index contributed by atoms with van der Waals surface area (Å²) < 4.78 is 18.3. The van der Waals surface area contributed by atoms with Gasteiger partial charge in [0.2, 0.25) is 0 Å². The van der Waals surface area contributed by atoms with Gasteiger partial charge in [-0.15, -0.1) is 0 Å². The summed E-state index contributed by atoms with van der Waals surface area (Å²) in [5.74, 6) is 0.736. The Hall–Kier alpha value is -1.92. The summed E-state index contributed by atoms with van der Waals surface area (Å²) in [5.41, 5.74) is 3.55. The van der Waals surface area contributed by atoms with E-state index in [1.54, 1.807) is 13.2 Å². The summed E-state index contributed by atoms with van der Waals surface area (Å²) in [6.45, 7) is 0. The van der Waals surface area contributed by atoms with E-state index in [0.717, 1.165) is 47.3 Å². The highest BCUT2D eigenvalue weighted by atomic mass is 35.5. The van der Waals surface area contributed by atoms with E-state index in [1.807, 2.05) is 24.3 Å². The number of imidazole rings is 1. The molecule has 0 saturated carbocycles. The van der Waals surface area contributed by atoms with Crippen LogP contribution in [-0.2, 0) is 17.2 Å². The normalized spacial score (nSPS) is 18.3. The van der Waals surface area contributed by atoms with Gasteiger partial charge in [0.05, 0.1) is 39.9 Å². The molecule has 4 rings (SSSR count). The first kappa shape index (κ1) is 15.6. The Morgan fingerprint density at radius 1 is 1.29 bits per heavy atom. The number of ether oxygens (including phenoxy) is 1. The highest BCUT2D eigenvalue weighted by Crippen LogP contribution is 2.36. The van der Waals surface area contributed by atoms with Crippen LogP contribution in [0.15, 0.2) is 35.5 Å². The third-order valence-corrected chi connectivity index (χ3v) is 6.07. The molecule has 7 heteroatoms. The second kappa shape index (κ2) is 6.18. The summed E-state index contributed by atoms with van der Waals surface area (Å²) in [7, 11) is 0.307. The molecule has 0 fully saturated rings. The molecular weight excluding hydrogens is 346 g/mol. The van der Waals surface area contributed by atoms with Crippen LogP contribution in [0.3, 0.4) is 0 Å². The lowest BCUT2D eigenvalue weighted by molar-refractivity contribution is 0.415. The number of methoxy groups -OCH3 is 1. The number of pyridine rings is 1. The van der Waals surface area contributed by atoms with Crippen molar-refractivity contribution in [1.82, 2.24) is 15.0 Å². The average molecular weight is 362 g/mol. The smallest absolute Gasteiger partial charge is 0.198 e. The van der Waals surface area contributed by atoms with E-state index < -0.39 is 10.8 Å². The lowest BCUT2D eigenvalue weighted by Gasteiger charge is -2.23. The van der Waals surface area contributed by atoms with Gasteiger partial charge >= 0.3 is 0 Å². The van der Waals surface area contributed by atoms with Crippen LogP contribution in [0, 0.1) is 0 Å². The van der Waals surface area contributed by atoms with Crippen LogP contribution < -0.4 is 4.74 Å². The first-order valence-corrected chi connectivity index (χ1v) is 9.34. The fraction of sp³-hybridized carbons (Fsp3) is 0.294. The molecule has 0 spiro atoms. The highest BCUT2D eigenvalue weighted by molar-refractivity contribution is 7.85. The summed E-state index contributed by atoms with van der Waals surface area (Å²) in [4.78, 5) is 12.1. The van der Waals surface area contributed by atoms with Gasteiger partial charge in [-0.05, 0) is 43.0 Å². The van der Waals surface area contributed by atoms with Gasteiger partial charge in [-0.3, -0.25) is 4.21 Å². The maximum Gasteiger partial charge on any atom is 0.198 e. The molecule has 2 aromatic heterocycles. The minimum atomic E-state index is -1.31. The number of halogens is 1. The number of benzene rings is 1. The Labute approximate surface area is 146 Å². The predicted octanol–water partition coefficient (Wildman–Crippen LogP) is 3.81. The van der Waals surface area contributed by atoms with E-state index in [-0.39, 0.29) is 5.25 Å². The van der Waals surface area contributed by atoms with Crippen molar-refractivity contribution in [3.63, 3.8) is 0 Å². The van der Waals surface area contributed by atoms with Crippen LogP contribution >= 0.6 is 11.6 Å². The molecule has 0 saturated heterocycles. The van der Waals surface area contributed by atoms with Crippen molar-refractivity contribution in [3.8, 4) is 5.75 Å². The molecule has 3 aromatic rings. The molecular formula is C17H16ClN3O2S. The second-order valence-electron chi connectivity index (χ2n) is 5.78. The number of aryl methyl sites for hydroxylation is 1. The molecule has 1 aromatic carbocycles. The Balaban J connectivity index is 1.73. The van der Waals surface area contributed by atoms with Crippen LogP contribution in [0.5, 0.6) is 5.75 Å². The maximum atomic E-state index is 13.1. The monoisotopic (exact) mass is 361 g/mol. The maximum absolute atomic E-state index is 13.1. The SMILES string of the molecule is COc1ccc2nc(S(=O)C3CCCc4ccc(Cl)nc43)[nH]c2c1. The number of aromatic nitrogens is 3. The summed E-state index contributed by atoms with van der Waals surface area (Å²) in [6, 6.07) is 9.33. The molecule has 1 aliphatic rings. The molecule has 2 heterocycles. The van der Waals surface area contributed by atoms with E-state index in [1.165, 1.54) is 0 Å². The van der Waals surface area contributed by atoms with Crippen LogP contribution in [-0.4, -0.2) is 26.3 Å². The van der Waals surface area contributed by atoms with Crippen LogP contribution in [0.2, 0.25) is 5.15 Å². The lowest BCUT2D eigenvalue weighted by atomic mass is 9.96. The van der Waals surface area contributed by atoms with Crippen molar-refractivity contribution in [2.45, 2.75) is 29.7 Å². The molecule has 2 unspecified atom stereocenters. The molecule has 5 nitrogen and oxygen atoms in total. The number of H-pyrrole nitrogens is 1. The van der Waals surface area contributed by atoms with E-state index in [0.29, 0.717) is 10.3 Å². The lowest BCUT2D eigenvalue weighted by Crippen LogP contribution is -2.17. The Morgan fingerprint density at radius 2 is 2.17 bits per heavy atom. The van der Waals surface area contributed by atoms with Gasteiger partial charge < -0.3 is 9.72 Å². The fourth-order valence-electron chi connectivity index (χ4n) is 3.11. The summed E-state index contributed by atoms with van der Waals surface area (Å²) >= 11 is 6.04. The van der Waals surface area contributed by atoms with Gasteiger partial charge in [0, 0.05) is 6.07 Å². The Kier molecular flexibility index (Phi) is 4.02. The number of nitrogens with zero attached hydrogens (tertiary/aromatic N) is 2. The number of fused-ring (bicyclic) bond motifs is 2. The molecule has 0 aliphatic heterocycles. The first-order valence-electron chi connectivity index (χ1n) is 7.75.